The molecule has 0 aromatic carbocycles. The highest BCUT2D eigenvalue weighted by Gasteiger charge is 2.45. The monoisotopic (exact) mass is 184 g/mol. The molecule has 1 saturated heterocycles. The lowest BCUT2D eigenvalue weighted by molar-refractivity contribution is -0.0328. The molecule has 2 aliphatic rings. The number of ether oxygens (including phenoxy) is 1. The molecule has 2 nitrogen and oxygen atoms in total. The van der Waals surface area contributed by atoms with Crippen molar-refractivity contribution in [3.8, 4) is 0 Å². The number of hydrogen-bond donors (Lipinski definition) is 1. The molecule has 1 aliphatic heterocycles. The van der Waals surface area contributed by atoms with E-state index in [9.17, 15) is 5.11 Å². The van der Waals surface area contributed by atoms with Crippen molar-refractivity contribution in [2.75, 3.05) is 6.61 Å². The molecule has 0 radical (unpaired) electrons. The Balaban J connectivity index is 2.01. The average Bonchev–Trinajstić information content (AvgIpc) is 2.63. The topological polar surface area (TPSA) is 29.5 Å². The summed E-state index contributed by atoms with van der Waals surface area (Å²) in [5.41, 5.74) is -0.312. The highest BCUT2D eigenvalue weighted by Crippen LogP contribution is 2.40. The molecule has 0 bridgehead atoms. The third kappa shape index (κ3) is 1.62. The second-order valence-electron chi connectivity index (χ2n) is 5.07. The Hall–Kier alpha value is -0.0800. The first-order valence-electron chi connectivity index (χ1n) is 5.43. The number of aliphatic hydroxyl groups excluding tert-OH is 1. The summed E-state index contributed by atoms with van der Waals surface area (Å²) < 4.78 is 5.63. The minimum Gasteiger partial charge on any atom is -0.390 e. The van der Waals surface area contributed by atoms with Gasteiger partial charge in [0, 0.05) is 5.92 Å². The molecule has 2 fully saturated rings. The Morgan fingerprint density at radius 2 is 1.85 bits per heavy atom. The molecular formula is C11H20O2. The van der Waals surface area contributed by atoms with Crippen LogP contribution < -0.4 is 0 Å². The molecule has 13 heavy (non-hydrogen) atoms. The van der Waals surface area contributed by atoms with Crippen molar-refractivity contribution in [1.29, 1.82) is 0 Å². The Bertz CT molecular complexity index is 183. The van der Waals surface area contributed by atoms with Gasteiger partial charge in [-0.3, -0.25) is 0 Å². The van der Waals surface area contributed by atoms with E-state index in [0.717, 1.165) is 12.5 Å². The van der Waals surface area contributed by atoms with Gasteiger partial charge in [-0.25, -0.2) is 0 Å². The van der Waals surface area contributed by atoms with Crippen molar-refractivity contribution in [2.45, 2.75) is 51.2 Å². The van der Waals surface area contributed by atoms with Gasteiger partial charge in [0.25, 0.3) is 0 Å². The Morgan fingerprint density at radius 3 is 2.31 bits per heavy atom. The fourth-order valence-electron chi connectivity index (χ4n) is 2.78. The van der Waals surface area contributed by atoms with Crippen LogP contribution in [0, 0.1) is 11.8 Å². The van der Waals surface area contributed by atoms with Crippen LogP contribution in [0.1, 0.15) is 39.5 Å². The number of rotatable bonds is 1. The van der Waals surface area contributed by atoms with E-state index >= 15 is 0 Å². The maximum atomic E-state index is 10.1. The molecule has 1 aliphatic carbocycles. The van der Waals surface area contributed by atoms with E-state index in [4.69, 9.17) is 4.74 Å². The van der Waals surface area contributed by atoms with Crippen LogP contribution in [-0.2, 0) is 4.74 Å². The molecular weight excluding hydrogens is 164 g/mol. The average molecular weight is 184 g/mol. The first-order chi connectivity index (χ1) is 6.11. The molecule has 2 heteroatoms. The summed E-state index contributed by atoms with van der Waals surface area (Å²) in [6, 6.07) is 0. The van der Waals surface area contributed by atoms with Crippen molar-refractivity contribution >= 4 is 0 Å². The van der Waals surface area contributed by atoms with Crippen molar-refractivity contribution in [3.63, 3.8) is 0 Å². The zero-order valence-electron chi connectivity index (χ0n) is 8.62. The minimum atomic E-state index is -0.312. The maximum Gasteiger partial charge on any atom is 0.0888 e. The first-order valence-corrected chi connectivity index (χ1v) is 5.43. The van der Waals surface area contributed by atoms with Gasteiger partial charge in [0.05, 0.1) is 18.3 Å². The number of hydrogen-bond acceptors (Lipinski definition) is 2. The molecule has 76 valence electrons. The standard InChI is InChI=1S/C11H20O2/c1-11(2)10(12)9(7-13-11)8-5-3-4-6-8/h8-10,12H,3-7H2,1-2H3. The molecule has 2 atom stereocenters. The van der Waals surface area contributed by atoms with E-state index in [1.165, 1.54) is 25.7 Å². The Morgan fingerprint density at radius 1 is 1.23 bits per heavy atom. The largest absolute Gasteiger partial charge is 0.390 e. The Kier molecular flexibility index (Phi) is 2.37. The van der Waals surface area contributed by atoms with Crippen LogP contribution in [0.2, 0.25) is 0 Å². The minimum absolute atomic E-state index is 0.254. The molecule has 0 aromatic heterocycles. The molecule has 1 saturated carbocycles. The quantitative estimate of drug-likeness (QED) is 0.675. The highest BCUT2D eigenvalue weighted by atomic mass is 16.5. The Labute approximate surface area is 80.3 Å². The summed E-state index contributed by atoms with van der Waals surface area (Å²) in [6.45, 7) is 4.75. The van der Waals surface area contributed by atoms with Crippen LogP contribution >= 0.6 is 0 Å². The van der Waals surface area contributed by atoms with Crippen LogP contribution in [0.4, 0.5) is 0 Å². The fraction of sp³-hybridized carbons (Fsp3) is 1.00. The van der Waals surface area contributed by atoms with E-state index in [1.54, 1.807) is 0 Å². The second-order valence-corrected chi connectivity index (χ2v) is 5.07. The lowest BCUT2D eigenvalue weighted by atomic mass is 9.83. The van der Waals surface area contributed by atoms with Gasteiger partial charge in [-0.15, -0.1) is 0 Å². The normalized spacial score (nSPS) is 39.9. The van der Waals surface area contributed by atoms with Gasteiger partial charge >= 0.3 is 0 Å². The predicted octanol–water partition coefficient (Wildman–Crippen LogP) is 1.96. The molecule has 0 aromatic rings. The van der Waals surface area contributed by atoms with Gasteiger partial charge in [0.1, 0.15) is 0 Å². The van der Waals surface area contributed by atoms with Gasteiger partial charge < -0.3 is 9.84 Å². The van der Waals surface area contributed by atoms with Gasteiger partial charge in [-0.1, -0.05) is 12.8 Å². The van der Waals surface area contributed by atoms with Crippen molar-refractivity contribution in [3.05, 3.63) is 0 Å². The zero-order chi connectivity index (χ0) is 9.47. The van der Waals surface area contributed by atoms with Crippen LogP contribution in [0.3, 0.4) is 0 Å². The van der Waals surface area contributed by atoms with Gasteiger partial charge in [0.2, 0.25) is 0 Å². The third-order valence-electron chi connectivity index (χ3n) is 3.77. The van der Waals surface area contributed by atoms with Crippen molar-refractivity contribution in [2.24, 2.45) is 11.8 Å². The van der Waals surface area contributed by atoms with Crippen LogP contribution in [0.5, 0.6) is 0 Å². The van der Waals surface area contributed by atoms with Crippen LogP contribution in [-0.4, -0.2) is 23.4 Å². The second kappa shape index (κ2) is 3.25. The van der Waals surface area contributed by atoms with E-state index < -0.39 is 0 Å². The summed E-state index contributed by atoms with van der Waals surface area (Å²) in [5, 5.41) is 10.1. The summed E-state index contributed by atoms with van der Waals surface area (Å²) >= 11 is 0. The lowest BCUT2D eigenvalue weighted by Gasteiger charge is -2.26. The predicted molar refractivity (Wildman–Crippen MR) is 51.5 cm³/mol. The van der Waals surface area contributed by atoms with Gasteiger partial charge in [-0.2, -0.15) is 0 Å². The van der Waals surface area contributed by atoms with Crippen LogP contribution in [0.15, 0.2) is 0 Å². The zero-order valence-corrected chi connectivity index (χ0v) is 8.62. The van der Waals surface area contributed by atoms with Crippen molar-refractivity contribution < 1.29 is 9.84 Å². The summed E-state index contributed by atoms with van der Waals surface area (Å²) in [5.74, 6) is 1.12. The molecule has 2 unspecified atom stereocenters. The summed E-state index contributed by atoms with van der Waals surface area (Å²) in [7, 11) is 0. The van der Waals surface area contributed by atoms with E-state index in [2.05, 4.69) is 0 Å². The van der Waals surface area contributed by atoms with E-state index in [-0.39, 0.29) is 11.7 Å². The first kappa shape index (κ1) is 9.47. The fourth-order valence-corrected chi connectivity index (χ4v) is 2.78. The van der Waals surface area contributed by atoms with Crippen molar-refractivity contribution in [1.82, 2.24) is 0 Å². The summed E-state index contributed by atoms with van der Waals surface area (Å²) in [6.07, 6.45) is 5.01. The lowest BCUT2D eigenvalue weighted by Crippen LogP contribution is -2.37. The highest BCUT2D eigenvalue weighted by molar-refractivity contribution is 4.94. The molecule has 2 rings (SSSR count). The molecule has 1 heterocycles. The number of aliphatic hydroxyl groups is 1. The van der Waals surface area contributed by atoms with Gasteiger partial charge in [0.15, 0.2) is 0 Å². The smallest absolute Gasteiger partial charge is 0.0888 e. The maximum absolute atomic E-state index is 10.1. The third-order valence-corrected chi connectivity index (χ3v) is 3.77. The molecule has 1 N–H and O–H groups in total. The molecule has 0 spiro atoms. The molecule has 0 amide bonds. The summed E-state index contributed by atoms with van der Waals surface area (Å²) in [4.78, 5) is 0. The van der Waals surface area contributed by atoms with E-state index in [0.29, 0.717) is 5.92 Å². The SMILES string of the molecule is CC1(C)OCC(C2CCCC2)C1O. The van der Waals surface area contributed by atoms with Gasteiger partial charge in [-0.05, 0) is 32.6 Å². The van der Waals surface area contributed by atoms with E-state index in [1.807, 2.05) is 13.8 Å². The van der Waals surface area contributed by atoms with Crippen LogP contribution in [0.25, 0.3) is 0 Å².